The smallest absolute Gasteiger partial charge is 0.174 e. The summed E-state index contributed by atoms with van der Waals surface area (Å²) in [4.78, 5) is 9.43. The Morgan fingerprint density at radius 1 is 1.75 bits per heavy atom. The van der Waals surface area contributed by atoms with Gasteiger partial charge in [-0.3, -0.25) is 0 Å². The van der Waals surface area contributed by atoms with E-state index < -0.39 is 0 Å². The highest BCUT2D eigenvalue weighted by atomic mass is 79.9. The van der Waals surface area contributed by atoms with Gasteiger partial charge >= 0.3 is 0 Å². The average molecular weight is 247 g/mol. The van der Waals surface area contributed by atoms with Crippen LogP contribution in [0.15, 0.2) is 20.9 Å². The SMILES string of the molecule is CC1N=CN(c2cc(Br)cs2)O1. The van der Waals surface area contributed by atoms with Crippen molar-refractivity contribution in [3.8, 4) is 0 Å². The Hall–Kier alpha value is -0.390. The summed E-state index contributed by atoms with van der Waals surface area (Å²) in [5.74, 6) is 0. The zero-order chi connectivity index (χ0) is 8.55. The monoisotopic (exact) mass is 246 g/mol. The molecule has 0 spiro atoms. The van der Waals surface area contributed by atoms with Gasteiger partial charge in [-0.05, 0) is 28.9 Å². The van der Waals surface area contributed by atoms with Crippen molar-refractivity contribution in [2.45, 2.75) is 13.2 Å². The van der Waals surface area contributed by atoms with Crippen molar-refractivity contribution in [1.29, 1.82) is 0 Å². The van der Waals surface area contributed by atoms with Gasteiger partial charge in [0, 0.05) is 9.85 Å². The molecule has 1 aromatic rings. The summed E-state index contributed by atoms with van der Waals surface area (Å²) in [6.45, 7) is 1.90. The first-order valence-electron chi connectivity index (χ1n) is 3.49. The van der Waals surface area contributed by atoms with Crippen molar-refractivity contribution >= 4 is 38.6 Å². The molecule has 1 aliphatic rings. The van der Waals surface area contributed by atoms with E-state index in [2.05, 4.69) is 20.9 Å². The molecule has 0 aromatic carbocycles. The van der Waals surface area contributed by atoms with Gasteiger partial charge in [0.05, 0.1) is 0 Å². The Balaban J connectivity index is 2.17. The van der Waals surface area contributed by atoms with E-state index in [1.165, 1.54) is 0 Å². The van der Waals surface area contributed by atoms with Gasteiger partial charge in [-0.15, -0.1) is 11.3 Å². The molecule has 3 nitrogen and oxygen atoms in total. The van der Waals surface area contributed by atoms with Crippen LogP contribution in [0.3, 0.4) is 0 Å². The number of halogens is 1. The minimum atomic E-state index is -0.0640. The molecule has 2 heterocycles. The van der Waals surface area contributed by atoms with Gasteiger partial charge in [0.15, 0.2) is 6.23 Å². The fraction of sp³-hybridized carbons (Fsp3) is 0.286. The molecule has 0 fully saturated rings. The number of hydrogen-bond donors (Lipinski definition) is 0. The summed E-state index contributed by atoms with van der Waals surface area (Å²) in [5.41, 5.74) is 0. The molecule has 1 atom stereocenters. The molecule has 0 N–H and O–H groups in total. The molecular formula is C7H7BrN2OS. The van der Waals surface area contributed by atoms with E-state index in [4.69, 9.17) is 4.84 Å². The number of anilines is 1. The van der Waals surface area contributed by atoms with Crippen LogP contribution in [0.4, 0.5) is 5.00 Å². The second kappa shape index (κ2) is 3.16. The molecule has 0 bridgehead atoms. The van der Waals surface area contributed by atoms with E-state index in [0.29, 0.717) is 0 Å². The van der Waals surface area contributed by atoms with Crippen LogP contribution in [0.2, 0.25) is 0 Å². The van der Waals surface area contributed by atoms with E-state index in [0.717, 1.165) is 9.47 Å². The first-order valence-corrected chi connectivity index (χ1v) is 5.16. The Bertz CT molecular complexity index is 312. The predicted molar refractivity (Wildman–Crippen MR) is 53.5 cm³/mol. The third kappa shape index (κ3) is 1.53. The number of hydrogen-bond acceptors (Lipinski definition) is 4. The zero-order valence-electron chi connectivity index (χ0n) is 6.40. The van der Waals surface area contributed by atoms with Crippen LogP contribution in [0.1, 0.15) is 6.92 Å². The lowest BCUT2D eigenvalue weighted by atomic mass is 10.6. The van der Waals surface area contributed by atoms with E-state index >= 15 is 0 Å². The highest BCUT2D eigenvalue weighted by Gasteiger charge is 2.16. The maximum absolute atomic E-state index is 5.36. The Morgan fingerprint density at radius 2 is 2.58 bits per heavy atom. The summed E-state index contributed by atoms with van der Waals surface area (Å²) in [6, 6.07) is 1.99. The van der Waals surface area contributed by atoms with E-state index in [1.807, 2.05) is 18.4 Å². The van der Waals surface area contributed by atoms with Crippen LogP contribution in [-0.2, 0) is 4.84 Å². The van der Waals surface area contributed by atoms with Gasteiger partial charge in [0.1, 0.15) is 11.3 Å². The second-order valence-corrected chi connectivity index (χ2v) is 4.20. The van der Waals surface area contributed by atoms with Crippen molar-refractivity contribution in [3.05, 3.63) is 15.9 Å². The Kier molecular flexibility index (Phi) is 2.16. The van der Waals surface area contributed by atoms with Crippen molar-refractivity contribution in [2.75, 3.05) is 5.06 Å². The highest BCUT2D eigenvalue weighted by Crippen LogP contribution is 2.29. The fourth-order valence-electron chi connectivity index (χ4n) is 0.900. The Labute approximate surface area is 82.8 Å². The molecule has 1 unspecified atom stereocenters. The van der Waals surface area contributed by atoms with Crippen molar-refractivity contribution in [3.63, 3.8) is 0 Å². The predicted octanol–water partition coefficient (Wildman–Crippen LogP) is 2.64. The lowest BCUT2D eigenvalue weighted by Gasteiger charge is -2.10. The zero-order valence-corrected chi connectivity index (χ0v) is 8.80. The number of rotatable bonds is 1. The topological polar surface area (TPSA) is 24.8 Å². The van der Waals surface area contributed by atoms with Crippen molar-refractivity contribution in [2.24, 2.45) is 4.99 Å². The molecule has 0 amide bonds. The third-order valence-electron chi connectivity index (χ3n) is 1.42. The first kappa shape index (κ1) is 8.22. The van der Waals surface area contributed by atoms with Gasteiger partial charge in [0.25, 0.3) is 0 Å². The molecule has 2 rings (SSSR count). The highest BCUT2D eigenvalue weighted by molar-refractivity contribution is 9.10. The standard InChI is InChI=1S/C7H7BrN2OS/c1-5-9-4-10(11-5)7-2-6(8)3-12-7/h2-5H,1H3. The minimum Gasteiger partial charge on any atom is -0.240 e. The lowest BCUT2D eigenvalue weighted by molar-refractivity contribution is 0.102. The maximum atomic E-state index is 5.36. The van der Waals surface area contributed by atoms with E-state index in [-0.39, 0.29) is 6.23 Å². The maximum Gasteiger partial charge on any atom is 0.174 e. The quantitative estimate of drug-likeness (QED) is 0.762. The summed E-state index contributed by atoms with van der Waals surface area (Å²) < 4.78 is 1.07. The van der Waals surface area contributed by atoms with Crippen LogP contribution in [0.25, 0.3) is 0 Å². The largest absolute Gasteiger partial charge is 0.240 e. The molecule has 0 saturated carbocycles. The van der Waals surface area contributed by atoms with Crippen LogP contribution < -0.4 is 5.06 Å². The third-order valence-corrected chi connectivity index (χ3v) is 3.09. The summed E-state index contributed by atoms with van der Waals surface area (Å²) in [5, 5.41) is 4.73. The molecule has 1 aromatic heterocycles. The summed E-state index contributed by atoms with van der Waals surface area (Å²) >= 11 is 4.99. The molecule has 5 heteroatoms. The number of nitrogens with zero attached hydrogens (tertiary/aromatic N) is 2. The molecule has 0 radical (unpaired) electrons. The fourth-order valence-corrected chi connectivity index (χ4v) is 2.24. The van der Waals surface area contributed by atoms with E-state index in [1.54, 1.807) is 22.7 Å². The van der Waals surface area contributed by atoms with Crippen LogP contribution in [0, 0.1) is 0 Å². The molecule has 1 aliphatic heterocycles. The van der Waals surface area contributed by atoms with Crippen LogP contribution in [0.5, 0.6) is 0 Å². The van der Waals surface area contributed by atoms with Crippen LogP contribution >= 0.6 is 27.3 Å². The average Bonchev–Trinajstić information content (AvgIpc) is 2.58. The lowest BCUT2D eigenvalue weighted by Crippen LogP contribution is -2.16. The first-order chi connectivity index (χ1) is 5.75. The molecule has 12 heavy (non-hydrogen) atoms. The van der Waals surface area contributed by atoms with Gasteiger partial charge in [-0.1, -0.05) is 0 Å². The van der Waals surface area contributed by atoms with Crippen LogP contribution in [-0.4, -0.2) is 12.6 Å². The second-order valence-electron chi connectivity index (χ2n) is 2.40. The van der Waals surface area contributed by atoms with Gasteiger partial charge in [-0.2, -0.15) is 5.06 Å². The van der Waals surface area contributed by atoms with Crippen molar-refractivity contribution in [1.82, 2.24) is 0 Å². The molecule has 0 saturated heterocycles. The number of thiophene rings is 1. The summed E-state index contributed by atoms with van der Waals surface area (Å²) in [6.07, 6.45) is 1.63. The number of aliphatic imine (C=N–C) groups is 1. The normalized spacial score (nSPS) is 22.2. The number of hydroxylamine groups is 1. The van der Waals surface area contributed by atoms with Gasteiger partial charge in [0.2, 0.25) is 0 Å². The van der Waals surface area contributed by atoms with Gasteiger partial charge in [-0.25, -0.2) is 9.83 Å². The Morgan fingerprint density at radius 3 is 3.08 bits per heavy atom. The van der Waals surface area contributed by atoms with E-state index in [9.17, 15) is 0 Å². The summed E-state index contributed by atoms with van der Waals surface area (Å²) in [7, 11) is 0. The molecule has 64 valence electrons. The van der Waals surface area contributed by atoms with Gasteiger partial charge < -0.3 is 0 Å². The van der Waals surface area contributed by atoms with Crippen molar-refractivity contribution < 1.29 is 4.84 Å². The molecular weight excluding hydrogens is 240 g/mol. The minimum absolute atomic E-state index is 0.0640. The molecule has 0 aliphatic carbocycles.